The van der Waals surface area contributed by atoms with Gasteiger partial charge in [-0.1, -0.05) is 43.5 Å². The van der Waals surface area contributed by atoms with Gasteiger partial charge in [-0.25, -0.2) is 4.39 Å². The molecule has 2 aromatic rings. The van der Waals surface area contributed by atoms with E-state index in [9.17, 15) is 19.1 Å². The number of hydrogen-bond acceptors (Lipinski definition) is 5. The quantitative estimate of drug-likeness (QED) is 0.541. The van der Waals surface area contributed by atoms with Crippen molar-refractivity contribution >= 4 is 23.3 Å². The molecule has 2 aromatic carbocycles. The number of fused-ring (bicyclic) bond motifs is 1. The first kappa shape index (κ1) is 24.3. The number of nitrogens with one attached hydrogen (secondary N) is 1. The number of Topliss-reactive ketones (excluding diaryl/α,β-unsaturated/α-hetero) is 2. The minimum atomic E-state index is -0.405. The van der Waals surface area contributed by atoms with Gasteiger partial charge in [-0.15, -0.1) is 0 Å². The lowest BCUT2D eigenvalue weighted by Gasteiger charge is -2.34. The monoisotopic (exact) mass is 464 g/mol. The van der Waals surface area contributed by atoms with E-state index in [1.807, 2.05) is 24.3 Å². The molecule has 6 heteroatoms. The molecule has 0 heterocycles. The number of hydrogen-bond donors (Lipinski definition) is 2. The van der Waals surface area contributed by atoms with Crippen molar-refractivity contribution in [2.45, 2.75) is 57.5 Å². The van der Waals surface area contributed by atoms with E-state index in [-0.39, 0.29) is 36.6 Å². The predicted molar refractivity (Wildman–Crippen MR) is 132 cm³/mol. The molecule has 2 aliphatic rings. The van der Waals surface area contributed by atoms with Crippen molar-refractivity contribution in [1.29, 1.82) is 0 Å². The van der Waals surface area contributed by atoms with E-state index in [1.165, 1.54) is 37.5 Å². The number of anilines is 1. The van der Waals surface area contributed by atoms with Gasteiger partial charge in [0.1, 0.15) is 5.82 Å². The highest BCUT2D eigenvalue weighted by atomic mass is 19.1. The Morgan fingerprint density at radius 3 is 2.59 bits per heavy atom. The van der Waals surface area contributed by atoms with E-state index >= 15 is 0 Å². The summed E-state index contributed by atoms with van der Waals surface area (Å²) in [6.45, 7) is 1.37. The summed E-state index contributed by atoms with van der Waals surface area (Å²) in [4.78, 5) is 28.4. The van der Waals surface area contributed by atoms with Crippen LogP contribution >= 0.6 is 0 Å². The van der Waals surface area contributed by atoms with Gasteiger partial charge in [0.15, 0.2) is 11.6 Å². The number of rotatable bonds is 9. The second kappa shape index (κ2) is 11.1. The number of nitrogens with zero attached hydrogens (tertiary/aromatic N) is 1. The lowest BCUT2D eigenvalue weighted by Crippen LogP contribution is -2.38. The Bertz CT molecular complexity index is 1090. The molecule has 0 atom stereocenters. The first-order valence-electron chi connectivity index (χ1n) is 12.2. The normalized spacial score (nSPS) is 16.4. The zero-order valence-electron chi connectivity index (χ0n) is 19.8. The Morgan fingerprint density at radius 1 is 1.15 bits per heavy atom. The molecule has 1 fully saturated rings. The molecule has 0 unspecified atom stereocenters. The van der Waals surface area contributed by atoms with Crippen LogP contribution in [0.2, 0.25) is 0 Å². The van der Waals surface area contributed by atoms with Gasteiger partial charge in [0, 0.05) is 44.7 Å². The van der Waals surface area contributed by atoms with Crippen LogP contribution in [0.15, 0.2) is 42.0 Å². The molecule has 0 saturated heterocycles. The number of aliphatic hydroxyl groups excluding tert-OH is 1. The summed E-state index contributed by atoms with van der Waals surface area (Å²) < 4.78 is 14.0. The second-order valence-electron chi connectivity index (χ2n) is 9.28. The molecule has 0 amide bonds. The second-order valence-corrected chi connectivity index (χ2v) is 9.28. The Hall–Kier alpha value is -2.83. The van der Waals surface area contributed by atoms with E-state index < -0.39 is 5.82 Å². The highest BCUT2D eigenvalue weighted by molar-refractivity contribution is 6.25. The average Bonchev–Trinajstić information content (AvgIpc) is 2.84. The summed E-state index contributed by atoms with van der Waals surface area (Å²) in [6.07, 6.45) is 7.68. The molecular weight excluding hydrogens is 431 g/mol. The summed E-state index contributed by atoms with van der Waals surface area (Å²) in [5, 5.41) is 12.6. The van der Waals surface area contributed by atoms with Crippen LogP contribution in [0.25, 0.3) is 6.08 Å². The average molecular weight is 465 g/mol. The Morgan fingerprint density at radius 2 is 1.88 bits per heavy atom. The van der Waals surface area contributed by atoms with Crippen molar-refractivity contribution in [1.82, 2.24) is 4.90 Å². The molecule has 4 rings (SSSR count). The Labute approximate surface area is 200 Å². The zero-order valence-corrected chi connectivity index (χ0v) is 19.8. The van der Waals surface area contributed by atoms with Crippen LogP contribution in [0.4, 0.5) is 10.1 Å². The van der Waals surface area contributed by atoms with Crippen LogP contribution in [0.3, 0.4) is 0 Å². The summed E-state index contributed by atoms with van der Waals surface area (Å²) in [6, 6.07) is 11.0. The van der Waals surface area contributed by atoms with Crippen LogP contribution in [0.1, 0.15) is 54.4 Å². The van der Waals surface area contributed by atoms with E-state index in [0.29, 0.717) is 30.4 Å². The lowest BCUT2D eigenvalue weighted by molar-refractivity contribution is -0.120. The fourth-order valence-electron chi connectivity index (χ4n) is 5.27. The highest BCUT2D eigenvalue weighted by Gasteiger charge is 2.27. The molecule has 5 nitrogen and oxygen atoms in total. The molecule has 2 N–H and O–H groups in total. The van der Waals surface area contributed by atoms with Crippen LogP contribution in [-0.4, -0.2) is 47.8 Å². The number of halogens is 1. The SMILES string of the molecule is CNc1cc(F)cc2c1CC(=O)C(C(=O)Cc1ccccc1CN(CCO)C1CCCCC1)=C2. The maximum Gasteiger partial charge on any atom is 0.170 e. The Kier molecular flexibility index (Phi) is 7.91. The van der Waals surface area contributed by atoms with Gasteiger partial charge in [0.05, 0.1) is 12.2 Å². The molecule has 0 bridgehead atoms. The third-order valence-corrected chi connectivity index (χ3v) is 7.08. The van der Waals surface area contributed by atoms with Gasteiger partial charge < -0.3 is 10.4 Å². The third-order valence-electron chi connectivity index (χ3n) is 7.08. The molecule has 0 aromatic heterocycles. The summed E-state index contributed by atoms with van der Waals surface area (Å²) in [5.74, 6) is -0.885. The number of allylic oxidation sites excluding steroid dienone is 1. The van der Waals surface area contributed by atoms with Gasteiger partial charge in [0.25, 0.3) is 0 Å². The molecule has 1 saturated carbocycles. The maximum atomic E-state index is 14.0. The van der Waals surface area contributed by atoms with Gasteiger partial charge in [-0.3, -0.25) is 14.5 Å². The van der Waals surface area contributed by atoms with Crippen molar-refractivity contribution in [2.24, 2.45) is 0 Å². The highest BCUT2D eigenvalue weighted by Crippen LogP contribution is 2.30. The van der Waals surface area contributed by atoms with E-state index in [0.717, 1.165) is 29.5 Å². The van der Waals surface area contributed by atoms with Crippen molar-refractivity contribution in [3.63, 3.8) is 0 Å². The van der Waals surface area contributed by atoms with Gasteiger partial charge >= 0.3 is 0 Å². The van der Waals surface area contributed by atoms with Crippen LogP contribution in [0.5, 0.6) is 0 Å². The fraction of sp³-hybridized carbons (Fsp3) is 0.429. The Balaban J connectivity index is 1.56. The lowest BCUT2D eigenvalue weighted by atomic mass is 9.86. The maximum absolute atomic E-state index is 14.0. The first-order valence-corrected chi connectivity index (χ1v) is 12.2. The zero-order chi connectivity index (χ0) is 24.1. The molecule has 0 radical (unpaired) electrons. The van der Waals surface area contributed by atoms with Crippen molar-refractivity contribution < 1.29 is 19.1 Å². The van der Waals surface area contributed by atoms with Gasteiger partial charge in [-0.05, 0) is 53.3 Å². The van der Waals surface area contributed by atoms with Crippen molar-refractivity contribution in [2.75, 3.05) is 25.5 Å². The predicted octanol–water partition coefficient (Wildman–Crippen LogP) is 4.31. The molecular formula is C28H33FN2O3. The molecule has 0 spiro atoms. The number of ketones is 2. The summed E-state index contributed by atoms with van der Waals surface area (Å²) >= 11 is 0. The minimum absolute atomic E-state index is 0.0803. The molecule has 2 aliphatic carbocycles. The van der Waals surface area contributed by atoms with E-state index in [4.69, 9.17) is 0 Å². The van der Waals surface area contributed by atoms with Crippen LogP contribution in [0, 0.1) is 5.82 Å². The van der Waals surface area contributed by atoms with Gasteiger partial charge in [0.2, 0.25) is 0 Å². The third kappa shape index (κ3) is 5.45. The number of aliphatic hydroxyl groups is 1. The van der Waals surface area contributed by atoms with Gasteiger partial charge in [-0.2, -0.15) is 0 Å². The number of benzene rings is 2. The van der Waals surface area contributed by atoms with E-state index in [1.54, 1.807) is 7.05 Å². The van der Waals surface area contributed by atoms with Crippen LogP contribution < -0.4 is 5.32 Å². The molecule has 34 heavy (non-hydrogen) atoms. The van der Waals surface area contributed by atoms with Crippen LogP contribution in [-0.2, 0) is 29.0 Å². The summed E-state index contributed by atoms with van der Waals surface area (Å²) in [7, 11) is 1.69. The summed E-state index contributed by atoms with van der Waals surface area (Å²) in [5.41, 5.74) is 3.94. The number of carbonyl (C=O) groups is 2. The first-order chi connectivity index (χ1) is 16.5. The van der Waals surface area contributed by atoms with Crippen molar-refractivity contribution in [3.05, 3.63) is 70.0 Å². The minimum Gasteiger partial charge on any atom is -0.395 e. The standard InChI is InChI=1S/C28H33FN2O3/c1-30-26-16-22(29)13-21-14-25(28(34)17-24(21)26)27(33)15-19-7-5-6-8-20(19)18-31(11-12-32)23-9-3-2-4-10-23/h5-8,13-14,16,23,30,32H,2-4,9-12,15,17-18H2,1H3. The number of carbonyl (C=O) groups excluding carboxylic acids is 2. The smallest absolute Gasteiger partial charge is 0.170 e. The fourth-order valence-corrected chi connectivity index (χ4v) is 5.27. The topological polar surface area (TPSA) is 69.6 Å². The van der Waals surface area contributed by atoms with Crippen molar-refractivity contribution in [3.8, 4) is 0 Å². The van der Waals surface area contributed by atoms with E-state index in [2.05, 4.69) is 10.2 Å². The molecule has 0 aliphatic heterocycles. The molecule has 180 valence electrons. The largest absolute Gasteiger partial charge is 0.395 e.